The van der Waals surface area contributed by atoms with Crippen LogP contribution in [0.25, 0.3) is 0 Å². The Kier molecular flexibility index (Phi) is 8.32. The fourth-order valence-electron chi connectivity index (χ4n) is 2.94. The average molecular weight is 370 g/mol. The third-order valence-electron chi connectivity index (χ3n) is 4.73. The van der Waals surface area contributed by atoms with Gasteiger partial charge in [-0.05, 0) is 50.4 Å². The molecule has 1 atom stereocenters. The predicted octanol–water partition coefficient (Wildman–Crippen LogP) is 3.74. The van der Waals surface area contributed by atoms with Crippen LogP contribution in [0.5, 0.6) is 0 Å². The lowest BCUT2D eigenvalue weighted by molar-refractivity contribution is 0.0491. The largest absolute Gasteiger partial charge is 0.381 e. The molecule has 2 fully saturated rings. The number of nitrogens with zero attached hydrogens (tertiary/aromatic N) is 1. The van der Waals surface area contributed by atoms with Crippen LogP contribution in [0, 0.1) is 0 Å². The Morgan fingerprint density at radius 1 is 1.29 bits per heavy atom. The van der Waals surface area contributed by atoms with Crippen LogP contribution in [0.4, 0.5) is 0 Å². The molecule has 1 unspecified atom stereocenters. The lowest BCUT2D eigenvalue weighted by Crippen LogP contribution is -2.46. The lowest BCUT2D eigenvalue weighted by atomic mass is 9.91. The van der Waals surface area contributed by atoms with Gasteiger partial charge in [0.25, 0.3) is 0 Å². The van der Waals surface area contributed by atoms with E-state index in [4.69, 9.17) is 10.5 Å². The first-order valence-electron chi connectivity index (χ1n) is 8.91. The number of hydrogen-bond acceptors (Lipinski definition) is 5. The highest BCUT2D eigenvalue weighted by atomic mass is 32.2. The number of nitrogens with two attached hydrogens (primary N) is 1. The summed E-state index contributed by atoms with van der Waals surface area (Å²) in [5, 5.41) is 1.24. The van der Waals surface area contributed by atoms with E-state index in [2.05, 4.69) is 50.3 Å². The lowest BCUT2D eigenvalue weighted by Gasteiger charge is -2.32. The van der Waals surface area contributed by atoms with Crippen molar-refractivity contribution in [3.8, 4) is 0 Å². The van der Waals surface area contributed by atoms with Crippen molar-refractivity contribution < 1.29 is 4.74 Å². The fourth-order valence-corrected chi connectivity index (χ4v) is 4.64. The summed E-state index contributed by atoms with van der Waals surface area (Å²) < 4.78 is 11.5. The van der Waals surface area contributed by atoms with Gasteiger partial charge in [-0.25, -0.2) is 4.72 Å². The van der Waals surface area contributed by atoms with E-state index < -0.39 is 0 Å². The van der Waals surface area contributed by atoms with Crippen molar-refractivity contribution in [1.29, 1.82) is 0 Å². The predicted molar refractivity (Wildman–Crippen MR) is 108 cm³/mol. The molecule has 6 heteroatoms. The second-order valence-electron chi connectivity index (χ2n) is 6.59. The van der Waals surface area contributed by atoms with Crippen molar-refractivity contribution in [3.05, 3.63) is 34.8 Å². The van der Waals surface area contributed by atoms with Gasteiger partial charge in [0.1, 0.15) is 0 Å². The van der Waals surface area contributed by atoms with E-state index in [9.17, 15) is 0 Å². The van der Waals surface area contributed by atoms with Gasteiger partial charge in [-0.1, -0.05) is 24.6 Å². The zero-order valence-corrected chi connectivity index (χ0v) is 17.0. The molecule has 3 N–H and O–H groups in total. The minimum absolute atomic E-state index is 0.183. The molecule has 24 heavy (non-hydrogen) atoms. The first-order valence-corrected chi connectivity index (χ1v) is 10.3. The van der Waals surface area contributed by atoms with Crippen LogP contribution >= 0.6 is 21.4 Å². The molecule has 2 aliphatic rings. The normalized spacial score (nSPS) is 22.5. The van der Waals surface area contributed by atoms with E-state index in [0.29, 0.717) is 6.54 Å². The van der Waals surface area contributed by atoms with Gasteiger partial charge < -0.3 is 14.8 Å². The number of unbranched alkanes of at least 4 members (excludes halogenated alkanes) is 1. The highest BCUT2D eigenvalue weighted by Gasteiger charge is 2.40. The van der Waals surface area contributed by atoms with Crippen LogP contribution < -0.4 is 10.5 Å². The maximum absolute atomic E-state index is 5.82. The van der Waals surface area contributed by atoms with Crippen LogP contribution in [0.3, 0.4) is 0 Å². The molecule has 2 saturated heterocycles. The monoisotopic (exact) mass is 369 g/mol. The summed E-state index contributed by atoms with van der Waals surface area (Å²) >= 11 is 1.71. The van der Waals surface area contributed by atoms with Crippen LogP contribution in [0.1, 0.15) is 46.0 Å². The smallest absolute Gasteiger partial charge is 0.0528 e. The van der Waals surface area contributed by atoms with Crippen LogP contribution in [0.2, 0.25) is 0 Å². The average Bonchev–Trinajstić information content (AvgIpc) is 2.99. The Balaban J connectivity index is 1.97. The van der Waals surface area contributed by atoms with Crippen molar-refractivity contribution in [3.63, 3.8) is 0 Å². The molecule has 1 spiro atoms. The Morgan fingerprint density at radius 2 is 2.00 bits per heavy atom. The van der Waals surface area contributed by atoms with Gasteiger partial charge in [-0.3, -0.25) is 0 Å². The topological polar surface area (TPSA) is 50.5 Å². The summed E-state index contributed by atoms with van der Waals surface area (Å²) in [4.78, 5) is 0. The van der Waals surface area contributed by atoms with Gasteiger partial charge in [0.05, 0.1) is 17.8 Å². The minimum atomic E-state index is 0.183. The van der Waals surface area contributed by atoms with E-state index in [1.165, 1.54) is 16.6 Å². The van der Waals surface area contributed by atoms with E-state index in [0.717, 1.165) is 51.9 Å². The molecule has 136 valence electrons. The van der Waals surface area contributed by atoms with Crippen molar-refractivity contribution in [2.75, 3.05) is 26.3 Å². The second-order valence-corrected chi connectivity index (χ2v) is 8.04. The molecule has 2 rings (SSSR count). The van der Waals surface area contributed by atoms with Crippen molar-refractivity contribution in [2.24, 2.45) is 5.73 Å². The Labute approximate surface area is 153 Å². The van der Waals surface area contributed by atoms with Gasteiger partial charge in [0, 0.05) is 31.9 Å². The summed E-state index contributed by atoms with van der Waals surface area (Å²) in [5.74, 6) is 0. The third-order valence-corrected chi connectivity index (χ3v) is 6.33. The molecular weight excluding hydrogens is 337 g/mol. The number of nitrogens with one attached hydrogen (secondary N) is 1. The molecule has 0 aromatic heterocycles. The van der Waals surface area contributed by atoms with E-state index in [1.807, 2.05) is 0 Å². The molecule has 0 radical (unpaired) electrons. The first-order chi connectivity index (χ1) is 11.6. The second kappa shape index (κ2) is 9.98. The molecule has 2 aliphatic heterocycles. The molecule has 0 aromatic carbocycles. The van der Waals surface area contributed by atoms with E-state index >= 15 is 0 Å². The van der Waals surface area contributed by atoms with E-state index in [1.54, 1.807) is 12.1 Å². The number of allylic oxidation sites excluding steroid dienone is 4. The Hall–Kier alpha value is -0.320. The van der Waals surface area contributed by atoms with Crippen molar-refractivity contribution in [1.82, 2.24) is 9.03 Å². The van der Waals surface area contributed by atoms with Crippen LogP contribution in [-0.4, -0.2) is 36.1 Å². The summed E-state index contributed by atoms with van der Waals surface area (Å²) in [7, 11) is 2.89. The quantitative estimate of drug-likeness (QED) is 0.235. The minimum Gasteiger partial charge on any atom is -0.381 e. The van der Waals surface area contributed by atoms with Gasteiger partial charge in [0.2, 0.25) is 0 Å². The van der Waals surface area contributed by atoms with Gasteiger partial charge >= 0.3 is 0 Å². The summed E-state index contributed by atoms with van der Waals surface area (Å²) in [5.41, 5.74) is 8.69. The maximum Gasteiger partial charge on any atom is 0.0528 e. The summed E-state index contributed by atoms with van der Waals surface area (Å²) in [6.07, 6.45) is 12.2. The molecule has 0 aliphatic carbocycles. The number of hydrogen-bond donors (Lipinski definition) is 2. The highest BCUT2D eigenvalue weighted by molar-refractivity contribution is 7.95. The number of rotatable bonds is 7. The zero-order chi connectivity index (χ0) is 17.4. The van der Waals surface area contributed by atoms with Gasteiger partial charge in [-0.15, -0.1) is 9.24 Å². The fraction of sp³-hybridized carbons (Fsp3) is 0.667. The molecule has 2 heterocycles. The van der Waals surface area contributed by atoms with Crippen molar-refractivity contribution in [2.45, 2.75) is 51.5 Å². The Bertz CT molecular complexity index is 498. The molecule has 0 saturated carbocycles. The van der Waals surface area contributed by atoms with Gasteiger partial charge in [-0.2, -0.15) is 0 Å². The maximum atomic E-state index is 5.82. The van der Waals surface area contributed by atoms with Gasteiger partial charge in [0.15, 0.2) is 0 Å². The highest BCUT2D eigenvalue weighted by Crippen LogP contribution is 2.38. The molecule has 4 nitrogen and oxygen atoms in total. The molecule has 0 bridgehead atoms. The Morgan fingerprint density at radius 3 is 2.67 bits per heavy atom. The molecule has 0 amide bonds. The van der Waals surface area contributed by atoms with Crippen LogP contribution in [0.15, 0.2) is 34.8 Å². The standard InChI is InChI=1S/C18H32N3OPS/c1-3-15(2)6-4-5-7-17(23)16(8-11-19)21-14-18(20-24-21)9-12-22-13-10-18/h6-8,20H,3-5,9-14,19,23H2,1-2H3/b15-6+,16-8+,17-7+. The van der Waals surface area contributed by atoms with E-state index in [-0.39, 0.29) is 5.54 Å². The zero-order valence-electron chi connectivity index (χ0n) is 15.0. The SMILES string of the molecule is CC/C(C)=C/CC/C=C(P)\C(=C/CN)N1CC2(CCOCC2)NS1. The van der Waals surface area contributed by atoms with Crippen molar-refractivity contribution >= 4 is 21.4 Å². The van der Waals surface area contributed by atoms with Crippen LogP contribution in [-0.2, 0) is 4.74 Å². The summed E-state index contributed by atoms with van der Waals surface area (Å²) in [6, 6.07) is 0. The summed E-state index contributed by atoms with van der Waals surface area (Å²) in [6.45, 7) is 7.67. The first kappa shape index (κ1) is 20.0. The molecular formula is C18H32N3OPS. The third kappa shape index (κ3) is 5.60. The molecule has 0 aromatic rings. The number of ether oxygens (including phenoxy) is 1.